The number of benzene rings is 1. The van der Waals surface area contributed by atoms with Crippen LogP contribution in [0.4, 0.5) is 0 Å². The van der Waals surface area contributed by atoms with Gasteiger partial charge in [-0.05, 0) is 53.9 Å². The summed E-state index contributed by atoms with van der Waals surface area (Å²) in [5.41, 5.74) is 0.572. The minimum absolute atomic E-state index is 0.0959. The lowest BCUT2D eigenvalue weighted by Gasteiger charge is -2.14. The van der Waals surface area contributed by atoms with Crippen molar-refractivity contribution in [2.24, 2.45) is 0 Å². The first-order chi connectivity index (χ1) is 8.04. The van der Waals surface area contributed by atoms with Gasteiger partial charge in [0.1, 0.15) is 0 Å². The Labute approximate surface area is 123 Å². The van der Waals surface area contributed by atoms with Crippen LogP contribution in [0, 0.1) is 0 Å². The van der Waals surface area contributed by atoms with Crippen LogP contribution in [0.3, 0.4) is 0 Å². The summed E-state index contributed by atoms with van der Waals surface area (Å²) in [6, 6.07) is 5.35. The molecule has 0 saturated heterocycles. The molecule has 1 aromatic rings. The summed E-state index contributed by atoms with van der Waals surface area (Å²) in [6.07, 6.45) is 1.99. The number of amides is 1. The van der Waals surface area contributed by atoms with Gasteiger partial charge in [-0.2, -0.15) is 0 Å². The zero-order valence-corrected chi connectivity index (χ0v) is 13.4. The second-order valence-corrected chi connectivity index (χ2v) is 5.91. The van der Waals surface area contributed by atoms with E-state index in [1.165, 1.54) is 0 Å². The molecule has 0 fully saturated rings. The molecule has 1 unspecified atom stereocenters. The molecule has 1 atom stereocenters. The molecule has 0 spiro atoms. The van der Waals surface area contributed by atoms with E-state index in [1.807, 2.05) is 6.92 Å². The average molecular weight is 384 g/mol. The number of rotatable bonds is 5. The van der Waals surface area contributed by atoms with E-state index in [9.17, 15) is 4.79 Å². The standard InChI is InChI=1S/C12H14Br2ClNO/c1-8(3-2-6-13)16-12(17)10-7-9(15)4-5-11(10)14/h4-5,7-8H,2-3,6H2,1H3,(H,16,17). The van der Waals surface area contributed by atoms with Gasteiger partial charge in [0, 0.05) is 20.9 Å². The SMILES string of the molecule is CC(CCCBr)NC(=O)c1cc(Cl)ccc1Br. The molecule has 0 heterocycles. The van der Waals surface area contributed by atoms with Crippen molar-refractivity contribution in [2.45, 2.75) is 25.8 Å². The second-order valence-electron chi connectivity index (χ2n) is 3.83. The number of carbonyl (C=O) groups is 1. The van der Waals surface area contributed by atoms with Gasteiger partial charge in [0.05, 0.1) is 5.56 Å². The quantitative estimate of drug-likeness (QED) is 0.751. The van der Waals surface area contributed by atoms with Crippen LogP contribution in [0.2, 0.25) is 5.02 Å². The van der Waals surface area contributed by atoms with Crippen LogP contribution in [0.1, 0.15) is 30.1 Å². The van der Waals surface area contributed by atoms with Gasteiger partial charge in [0.2, 0.25) is 0 Å². The van der Waals surface area contributed by atoms with E-state index in [4.69, 9.17) is 11.6 Å². The summed E-state index contributed by atoms with van der Waals surface area (Å²) in [6.45, 7) is 2.00. The number of hydrogen-bond acceptors (Lipinski definition) is 1. The summed E-state index contributed by atoms with van der Waals surface area (Å²) in [5.74, 6) is -0.0959. The summed E-state index contributed by atoms with van der Waals surface area (Å²) in [7, 11) is 0. The molecule has 0 aliphatic rings. The highest BCUT2D eigenvalue weighted by Crippen LogP contribution is 2.21. The fourth-order valence-corrected chi connectivity index (χ4v) is 2.35. The topological polar surface area (TPSA) is 29.1 Å². The largest absolute Gasteiger partial charge is 0.350 e. The third-order valence-corrected chi connectivity index (χ3v) is 3.81. The van der Waals surface area contributed by atoms with E-state index in [2.05, 4.69) is 37.2 Å². The monoisotopic (exact) mass is 381 g/mol. The smallest absolute Gasteiger partial charge is 0.252 e. The van der Waals surface area contributed by atoms with Gasteiger partial charge in [0.15, 0.2) is 0 Å². The number of hydrogen-bond donors (Lipinski definition) is 1. The maximum atomic E-state index is 12.0. The maximum Gasteiger partial charge on any atom is 0.252 e. The lowest BCUT2D eigenvalue weighted by molar-refractivity contribution is 0.0937. The maximum absolute atomic E-state index is 12.0. The normalized spacial score (nSPS) is 12.2. The van der Waals surface area contributed by atoms with Gasteiger partial charge in [-0.3, -0.25) is 4.79 Å². The van der Waals surface area contributed by atoms with Crippen molar-refractivity contribution in [1.29, 1.82) is 0 Å². The van der Waals surface area contributed by atoms with Crippen LogP contribution in [0.25, 0.3) is 0 Å². The fraction of sp³-hybridized carbons (Fsp3) is 0.417. The highest BCUT2D eigenvalue weighted by atomic mass is 79.9. The van der Waals surface area contributed by atoms with E-state index >= 15 is 0 Å². The predicted octanol–water partition coefficient (Wildman–Crippen LogP) is 4.40. The molecule has 94 valence electrons. The molecule has 1 amide bonds. The summed E-state index contributed by atoms with van der Waals surface area (Å²) >= 11 is 12.6. The Bertz CT molecular complexity index is 398. The molecule has 17 heavy (non-hydrogen) atoms. The Morgan fingerprint density at radius 2 is 2.24 bits per heavy atom. The lowest BCUT2D eigenvalue weighted by Crippen LogP contribution is -2.32. The van der Waals surface area contributed by atoms with Crippen molar-refractivity contribution < 1.29 is 4.79 Å². The second kappa shape index (κ2) is 7.39. The van der Waals surface area contributed by atoms with Crippen LogP contribution < -0.4 is 5.32 Å². The molecule has 1 N–H and O–H groups in total. The van der Waals surface area contributed by atoms with E-state index < -0.39 is 0 Å². The summed E-state index contributed by atoms with van der Waals surface area (Å²) in [4.78, 5) is 12.0. The molecule has 1 rings (SSSR count). The van der Waals surface area contributed by atoms with Gasteiger partial charge in [-0.15, -0.1) is 0 Å². The molecule has 2 nitrogen and oxygen atoms in total. The van der Waals surface area contributed by atoms with Gasteiger partial charge < -0.3 is 5.32 Å². The lowest BCUT2D eigenvalue weighted by atomic mass is 10.1. The van der Waals surface area contributed by atoms with E-state index in [1.54, 1.807) is 18.2 Å². The van der Waals surface area contributed by atoms with Gasteiger partial charge in [0.25, 0.3) is 5.91 Å². The molecule has 0 saturated carbocycles. The Morgan fingerprint density at radius 1 is 1.53 bits per heavy atom. The van der Waals surface area contributed by atoms with E-state index in [-0.39, 0.29) is 11.9 Å². The molecular formula is C12H14Br2ClNO. The Morgan fingerprint density at radius 3 is 2.88 bits per heavy atom. The van der Waals surface area contributed by atoms with Gasteiger partial charge in [-0.25, -0.2) is 0 Å². The van der Waals surface area contributed by atoms with E-state index in [0.29, 0.717) is 10.6 Å². The molecule has 0 radical (unpaired) electrons. The van der Waals surface area contributed by atoms with Crippen LogP contribution in [0.15, 0.2) is 22.7 Å². The minimum Gasteiger partial charge on any atom is -0.350 e. The number of carbonyl (C=O) groups excluding carboxylic acids is 1. The molecule has 0 bridgehead atoms. The predicted molar refractivity (Wildman–Crippen MR) is 79.1 cm³/mol. The third kappa shape index (κ3) is 4.98. The van der Waals surface area contributed by atoms with Crippen molar-refractivity contribution in [3.63, 3.8) is 0 Å². The highest BCUT2D eigenvalue weighted by Gasteiger charge is 2.12. The summed E-state index contributed by atoms with van der Waals surface area (Å²) in [5, 5.41) is 4.46. The Hall–Kier alpha value is -0.0600. The minimum atomic E-state index is -0.0959. The van der Waals surface area contributed by atoms with Crippen molar-refractivity contribution in [2.75, 3.05) is 5.33 Å². The number of alkyl halides is 1. The fourth-order valence-electron chi connectivity index (χ4n) is 1.43. The zero-order valence-electron chi connectivity index (χ0n) is 9.47. The van der Waals surface area contributed by atoms with Crippen molar-refractivity contribution in [3.05, 3.63) is 33.3 Å². The molecule has 1 aromatic carbocycles. The first-order valence-corrected chi connectivity index (χ1v) is 7.65. The van der Waals surface area contributed by atoms with Crippen LogP contribution in [0.5, 0.6) is 0 Å². The molecule has 0 aromatic heterocycles. The van der Waals surface area contributed by atoms with Crippen molar-refractivity contribution in [3.8, 4) is 0 Å². The van der Waals surface area contributed by atoms with Crippen molar-refractivity contribution >= 4 is 49.4 Å². The van der Waals surface area contributed by atoms with Crippen molar-refractivity contribution in [1.82, 2.24) is 5.32 Å². The van der Waals surface area contributed by atoms with Crippen LogP contribution >= 0.6 is 43.5 Å². The molecule has 5 heteroatoms. The van der Waals surface area contributed by atoms with Crippen LogP contribution in [-0.4, -0.2) is 17.3 Å². The first-order valence-electron chi connectivity index (χ1n) is 5.36. The molecular weight excluding hydrogens is 369 g/mol. The average Bonchev–Trinajstić information content (AvgIpc) is 2.29. The molecule has 0 aliphatic heterocycles. The Kier molecular flexibility index (Phi) is 6.52. The van der Waals surface area contributed by atoms with Gasteiger partial charge in [-0.1, -0.05) is 27.5 Å². The Balaban J connectivity index is 2.66. The number of halogens is 3. The zero-order chi connectivity index (χ0) is 12.8. The first kappa shape index (κ1) is 15.0. The number of nitrogens with one attached hydrogen (secondary N) is 1. The third-order valence-electron chi connectivity index (χ3n) is 2.32. The highest BCUT2D eigenvalue weighted by molar-refractivity contribution is 9.10. The summed E-state index contributed by atoms with van der Waals surface area (Å²) < 4.78 is 0.757. The van der Waals surface area contributed by atoms with Crippen LogP contribution in [-0.2, 0) is 0 Å². The van der Waals surface area contributed by atoms with E-state index in [0.717, 1.165) is 22.6 Å². The van der Waals surface area contributed by atoms with Gasteiger partial charge >= 0.3 is 0 Å². The molecule has 0 aliphatic carbocycles.